The molecule has 3 unspecified atom stereocenters. The second kappa shape index (κ2) is 6.40. The van der Waals surface area contributed by atoms with E-state index in [9.17, 15) is 0 Å². The Morgan fingerprint density at radius 2 is 2.11 bits per heavy atom. The molecule has 0 radical (unpaired) electrons. The van der Waals surface area contributed by atoms with Crippen LogP contribution in [0.15, 0.2) is 4.47 Å². The van der Waals surface area contributed by atoms with E-state index in [0.29, 0.717) is 12.0 Å². The number of halogens is 1. The average molecular weight is 328 g/mol. The molecule has 1 aromatic heterocycles. The van der Waals surface area contributed by atoms with Gasteiger partial charge in [0.25, 0.3) is 0 Å². The SMILES string of the molecule is CCc1nn(CC)c(CC2CC(C)CCC2N)c1Br. The normalized spacial score (nSPS) is 27.7. The van der Waals surface area contributed by atoms with Gasteiger partial charge in [0.15, 0.2) is 0 Å². The maximum atomic E-state index is 6.32. The molecule has 3 atom stereocenters. The molecule has 4 heteroatoms. The Morgan fingerprint density at radius 3 is 2.74 bits per heavy atom. The summed E-state index contributed by atoms with van der Waals surface area (Å²) >= 11 is 3.74. The van der Waals surface area contributed by atoms with Crippen LogP contribution in [0.25, 0.3) is 0 Å². The van der Waals surface area contributed by atoms with E-state index in [-0.39, 0.29) is 0 Å². The van der Waals surface area contributed by atoms with Crippen molar-refractivity contribution in [2.24, 2.45) is 17.6 Å². The molecule has 3 nitrogen and oxygen atoms in total. The summed E-state index contributed by atoms with van der Waals surface area (Å²) in [5.41, 5.74) is 8.84. The zero-order chi connectivity index (χ0) is 14.0. The molecule has 0 amide bonds. The van der Waals surface area contributed by atoms with E-state index in [1.165, 1.54) is 35.1 Å². The maximum Gasteiger partial charge on any atom is 0.0766 e. The van der Waals surface area contributed by atoms with Gasteiger partial charge in [0.05, 0.1) is 15.9 Å². The number of rotatable bonds is 4. The molecule has 2 N–H and O–H groups in total. The van der Waals surface area contributed by atoms with Gasteiger partial charge in [-0.3, -0.25) is 4.68 Å². The Bertz CT molecular complexity index is 427. The van der Waals surface area contributed by atoms with Crippen LogP contribution >= 0.6 is 15.9 Å². The van der Waals surface area contributed by atoms with Crippen LogP contribution in [-0.2, 0) is 19.4 Å². The molecule has 1 saturated carbocycles. The second-order valence-electron chi connectivity index (χ2n) is 5.92. The smallest absolute Gasteiger partial charge is 0.0766 e. The summed E-state index contributed by atoms with van der Waals surface area (Å²) in [5.74, 6) is 1.42. The maximum absolute atomic E-state index is 6.32. The molecule has 2 rings (SSSR count). The third-order valence-corrected chi connectivity index (χ3v) is 5.37. The fourth-order valence-corrected chi connectivity index (χ4v) is 3.94. The van der Waals surface area contributed by atoms with E-state index in [1.54, 1.807) is 0 Å². The van der Waals surface area contributed by atoms with Gasteiger partial charge in [-0.25, -0.2) is 0 Å². The van der Waals surface area contributed by atoms with E-state index in [1.807, 2.05) is 0 Å². The Hall–Kier alpha value is -0.350. The minimum atomic E-state index is 0.355. The van der Waals surface area contributed by atoms with Crippen LogP contribution in [0.5, 0.6) is 0 Å². The number of nitrogens with zero attached hydrogens (tertiary/aromatic N) is 2. The van der Waals surface area contributed by atoms with Crippen LogP contribution in [0, 0.1) is 11.8 Å². The van der Waals surface area contributed by atoms with Gasteiger partial charge in [-0.15, -0.1) is 0 Å². The molecule has 1 heterocycles. The van der Waals surface area contributed by atoms with Gasteiger partial charge in [-0.05, 0) is 66.8 Å². The van der Waals surface area contributed by atoms with Crippen molar-refractivity contribution >= 4 is 15.9 Å². The van der Waals surface area contributed by atoms with E-state index in [4.69, 9.17) is 5.73 Å². The molecule has 19 heavy (non-hydrogen) atoms. The van der Waals surface area contributed by atoms with Crippen molar-refractivity contribution in [3.8, 4) is 0 Å². The summed E-state index contributed by atoms with van der Waals surface area (Å²) < 4.78 is 3.36. The number of aryl methyl sites for hydroxylation is 2. The first-order valence-corrected chi connectivity index (χ1v) is 8.35. The molecule has 0 aliphatic heterocycles. The van der Waals surface area contributed by atoms with E-state index in [2.05, 4.69) is 46.5 Å². The minimum absolute atomic E-state index is 0.355. The topological polar surface area (TPSA) is 43.8 Å². The minimum Gasteiger partial charge on any atom is -0.327 e. The quantitative estimate of drug-likeness (QED) is 0.919. The summed E-state index contributed by atoms with van der Waals surface area (Å²) in [7, 11) is 0. The van der Waals surface area contributed by atoms with Crippen LogP contribution in [0.4, 0.5) is 0 Å². The third kappa shape index (κ3) is 3.22. The first-order valence-electron chi connectivity index (χ1n) is 7.56. The lowest BCUT2D eigenvalue weighted by atomic mass is 9.77. The lowest BCUT2D eigenvalue weighted by Crippen LogP contribution is -2.37. The summed E-state index contributed by atoms with van der Waals surface area (Å²) in [6.07, 6.45) is 5.75. The number of nitrogens with two attached hydrogens (primary N) is 1. The molecular weight excluding hydrogens is 302 g/mol. The molecule has 1 aromatic rings. The molecular formula is C15H26BrN3. The van der Waals surface area contributed by atoms with Crippen LogP contribution in [0.3, 0.4) is 0 Å². The predicted octanol–water partition coefficient (Wildman–Crippen LogP) is 3.53. The molecule has 0 spiro atoms. The van der Waals surface area contributed by atoms with Crippen molar-refractivity contribution in [3.05, 3.63) is 15.9 Å². The van der Waals surface area contributed by atoms with Crippen LogP contribution in [-0.4, -0.2) is 15.8 Å². The standard InChI is InChI=1S/C15H26BrN3/c1-4-13-15(16)14(19(5-2)18-13)9-11-8-10(3)6-7-12(11)17/h10-12H,4-9,17H2,1-3H3. The Morgan fingerprint density at radius 1 is 1.37 bits per heavy atom. The highest BCUT2D eigenvalue weighted by atomic mass is 79.9. The van der Waals surface area contributed by atoms with Crippen LogP contribution < -0.4 is 5.73 Å². The van der Waals surface area contributed by atoms with Gasteiger partial charge < -0.3 is 5.73 Å². The Kier molecular flexibility index (Phi) is 5.07. The number of hydrogen-bond donors (Lipinski definition) is 1. The van der Waals surface area contributed by atoms with Gasteiger partial charge in [-0.1, -0.05) is 13.8 Å². The highest BCUT2D eigenvalue weighted by Crippen LogP contribution is 2.33. The van der Waals surface area contributed by atoms with Gasteiger partial charge in [-0.2, -0.15) is 5.10 Å². The van der Waals surface area contributed by atoms with Crippen molar-refractivity contribution in [1.29, 1.82) is 0 Å². The van der Waals surface area contributed by atoms with Crippen molar-refractivity contribution in [2.75, 3.05) is 0 Å². The summed E-state index contributed by atoms with van der Waals surface area (Å²) in [5, 5.41) is 4.69. The fraction of sp³-hybridized carbons (Fsp3) is 0.800. The Labute approximate surface area is 125 Å². The first kappa shape index (κ1) is 15.0. The molecule has 1 fully saturated rings. The van der Waals surface area contributed by atoms with Crippen LogP contribution in [0.2, 0.25) is 0 Å². The van der Waals surface area contributed by atoms with E-state index in [0.717, 1.165) is 25.3 Å². The largest absolute Gasteiger partial charge is 0.327 e. The van der Waals surface area contributed by atoms with Gasteiger partial charge in [0.1, 0.15) is 0 Å². The number of aromatic nitrogens is 2. The van der Waals surface area contributed by atoms with Crippen LogP contribution in [0.1, 0.15) is 51.4 Å². The average Bonchev–Trinajstić information content (AvgIpc) is 2.70. The molecule has 0 saturated heterocycles. The third-order valence-electron chi connectivity index (χ3n) is 4.45. The van der Waals surface area contributed by atoms with Crippen molar-refractivity contribution in [3.63, 3.8) is 0 Å². The summed E-state index contributed by atoms with van der Waals surface area (Å²) in [6.45, 7) is 7.60. The molecule has 108 valence electrons. The van der Waals surface area contributed by atoms with Crippen molar-refractivity contribution < 1.29 is 0 Å². The zero-order valence-corrected chi connectivity index (χ0v) is 13.9. The summed E-state index contributed by atoms with van der Waals surface area (Å²) in [4.78, 5) is 0. The Balaban J connectivity index is 2.19. The molecule has 1 aliphatic rings. The lowest BCUT2D eigenvalue weighted by molar-refractivity contribution is 0.241. The van der Waals surface area contributed by atoms with Crippen molar-refractivity contribution in [1.82, 2.24) is 9.78 Å². The van der Waals surface area contributed by atoms with Gasteiger partial charge >= 0.3 is 0 Å². The van der Waals surface area contributed by atoms with E-state index >= 15 is 0 Å². The monoisotopic (exact) mass is 327 g/mol. The fourth-order valence-electron chi connectivity index (χ4n) is 3.22. The first-order chi connectivity index (χ1) is 9.06. The summed E-state index contributed by atoms with van der Waals surface area (Å²) in [6, 6.07) is 0.355. The number of hydrogen-bond acceptors (Lipinski definition) is 2. The molecule has 0 aromatic carbocycles. The molecule has 0 bridgehead atoms. The zero-order valence-electron chi connectivity index (χ0n) is 12.3. The lowest BCUT2D eigenvalue weighted by Gasteiger charge is -2.32. The van der Waals surface area contributed by atoms with E-state index < -0.39 is 0 Å². The predicted molar refractivity (Wildman–Crippen MR) is 83.2 cm³/mol. The molecule has 1 aliphatic carbocycles. The highest BCUT2D eigenvalue weighted by Gasteiger charge is 2.28. The van der Waals surface area contributed by atoms with Crippen molar-refractivity contribution in [2.45, 2.75) is 65.5 Å². The highest BCUT2D eigenvalue weighted by molar-refractivity contribution is 9.10. The van der Waals surface area contributed by atoms with Gasteiger partial charge in [0.2, 0.25) is 0 Å². The van der Waals surface area contributed by atoms with Gasteiger partial charge in [0, 0.05) is 12.6 Å². The second-order valence-corrected chi connectivity index (χ2v) is 6.72.